The average Bonchev–Trinajstić information content (AvgIpc) is 3.68. The zero-order valence-electron chi connectivity index (χ0n) is 32.5. The maximum Gasteiger partial charge on any atom is 0.413 e. The van der Waals surface area contributed by atoms with E-state index >= 15 is 0 Å². The van der Waals surface area contributed by atoms with E-state index in [0.717, 1.165) is 24.0 Å². The van der Waals surface area contributed by atoms with Gasteiger partial charge in [0.15, 0.2) is 11.5 Å². The van der Waals surface area contributed by atoms with E-state index in [2.05, 4.69) is 21.9 Å². The summed E-state index contributed by atoms with van der Waals surface area (Å²) in [6, 6.07) is 37.9. The van der Waals surface area contributed by atoms with Gasteiger partial charge in [0.05, 0.1) is 16.4 Å². The standard InChI is InChI=1S/C46H39N7O7/c1-3-41(54)51-26-10-13-35(28-51)52-45-42(43(50-52)33-18-23-37(24-19-33)59-36-14-8-5-9-15-36)44(47-29-48-45)49-46(55)58-30(2)34-20-25-39(53(56)57)40(27-34)60-38-21-16-32(17-22-38)31-11-6-4-7-12-31/h3-9,11-12,14-25,27,29-30,35H,1,10,13,26,28H2,2H3,(H,47,48,49,55). The van der Waals surface area contributed by atoms with E-state index in [0.29, 0.717) is 58.2 Å². The van der Waals surface area contributed by atoms with E-state index in [4.69, 9.17) is 19.3 Å². The van der Waals surface area contributed by atoms with E-state index in [9.17, 15) is 19.7 Å². The van der Waals surface area contributed by atoms with Crippen LogP contribution in [0.2, 0.25) is 0 Å². The van der Waals surface area contributed by atoms with Crippen LogP contribution in [0.5, 0.6) is 23.0 Å². The van der Waals surface area contributed by atoms with Crippen molar-refractivity contribution >= 4 is 34.5 Å². The van der Waals surface area contributed by atoms with Crippen molar-refractivity contribution in [3.8, 4) is 45.4 Å². The van der Waals surface area contributed by atoms with E-state index in [1.807, 2.05) is 97.1 Å². The molecule has 14 heteroatoms. The van der Waals surface area contributed by atoms with Crippen LogP contribution < -0.4 is 14.8 Å². The van der Waals surface area contributed by atoms with Crippen LogP contribution in [0.4, 0.5) is 16.3 Å². The van der Waals surface area contributed by atoms with Gasteiger partial charge >= 0.3 is 11.8 Å². The molecule has 1 aliphatic rings. The molecule has 8 rings (SSSR count). The number of carbonyl (C=O) groups is 2. The quantitative estimate of drug-likeness (QED) is 0.0714. The third kappa shape index (κ3) is 8.53. The highest BCUT2D eigenvalue weighted by Gasteiger charge is 2.29. The Hall–Kier alpha value is -7.87. The largest absolute Gasteiger partial charge is 0.457 e. The van der Waals surface area contributed by atoms with Crippen molar-refractivity contribution in [3.63, 3.8) is 0 Å². The third-order valence-corrected chi connectivity index (χ3v) is 10.2. The molecule has 0 saturated carbocycles. The Morgan fingerprint density at radius 1 is 0.850 bits per heavy atom. The normalized spacial score (nSPS) is 14.2. The van der Waals surface area contributed by atoms with E-state index in [1.54, 1.807) is 28.6 Å². The number of piperidine rings is 1. The number of hydrogen-bond donors (Lipinski definition) is 1. The number of benzene rings is 5. The monoisotopic (exact) mass is 801 g/mol. The van der Waals surface area contributed by atoms with Gasteiger partial charge in [0.1, 0.15) is 35.4 Å². The van der Waals surface area contributed by atoms with E-state index < -0.39 is 17.1 Å². The SMILES string of the molecule is C=CC(=O)N1CCCC(n2nc(-c3ccc(Oc4ccccc4)cc3)c3c(NC(=O)OC(C)c4ccc([N+](=O)[O-])c(Oc5ccc(-c6ccccc6)cc5)c4)ncnc32)C1. The molecule has 2 atom stereocenters. The first-order chi connectivity index (χ1) is 29.2. The van der Waals surface area contributed by atoms with Gasteiger partial charge in [-0.3, -0.25) is 20.2 Å². The van der Waals surface area contributed by atoms with Gasteiger partial charge in [-0.15, -0.1) is 0 Å². The van der Waals surface area contributed by atoms with Crippen LogP contribution in [0, 0.1) is 10.1 Å². The Morgan fingerprint density at radius 3 is 2.20 bits per heavy atom. The molecule has 5 aromatic carbocycles. The number of fused-ring (bicyclic) bond motifs is 1. The second-order valence-corrected chi connectivity index (χ2v) is 14.1. The number of aromatic nitrogens is 4. The second-order valence-electron chi connectivity index (χ2n) is 14.1. The lowest BCUT2D eigenvalue weighted by atomic mass is 10.1. The maximum absolute atomic E-state index is 13.6. The number of likely N-dealkylation sites (tertiary alicyclic amines) is 1. The van der Waals surface area contributed by atoms with Crippen molar-refractivity contribution in [3.05, 3.63) is 162 Å². The van der Waals surface area contributed by atoms with Gasteiger partial charge in [0, 0.05) is 24.7 Å². The number of nitro benzene ring substituents is 1. The number of carbonyl (C=O) groups excluding carboxylic acids is 2. The zero-order valence-corrected chi connectivity index (χ0v) is 32.5. The van der Waals surface area contributed by atoms with Crippen molar-refractivity contribution in [2.24, 2.45) is 0 Å². The smallest absolute Gasteiger partial charge is 0.413 e. The Balaban J connectivity index is 1.06. The fourth-order valence-corrected chi connectivity index (χ4v) is 7.16. The number of hydrogen-bond acceptors (Lipinski definition) is 10. The van der Waals surface area contributed by atoms with Crippen LogP contribution >= 0.6 is 0 Å². The van der Waals surface area contributed by atoms with Crippen LogP contribution in [-0.4, -0.2) is 54.7 Å². The molecule has 0 bridgehead atoms. The predicted octanol–water partition coefficient (Wildman–Crippen LogP) is 10.3. The Labute approximate surface area is 344 Å². The summed E-state index contributed by atoms with van der Waals surface area (Å²) >= 11 is 0. The number of nitro groups is 1. The van der Waals surface area contributed by atoms with Crippen molar-refractivity contribution in [1.82, 2.24) is 24.6 Å². The van der Waals surface area contributed by atoms with Crippen LogP contribution in [0.1, 0.15) is 37.5 Å². The van der Waals surface area contributed by atoms with Gasteiger partial charge in [-0.05, 0) is 103 Å². The minimum atomic E-state index is -0.860. The highest BCUT2D eigenvalue weighted by molar-refractivity contribution is 6.03. The van der Waals surface area contributed by atoms with Crippen LogP contribution in [-0.2, 0) is 9.53 Å². The minimum Gasteiger partial charge on any atom is -0.457 e. The molecule has 3 heterocycles. The Kier molecular flexibility index (Phi) is 11.3. The first-order valence-corrected chi connectivity index (χ1v) is 19.3. The Morgan fingerprint density at radius 2 is 1.50 bits per heavy atom. The lowest BCUT2D eigenvalue weighted by Gasteiger charge is -2.32. The Bertz CT molecular complexity index is 2670. The number of ether oxygens (including phenoxy) is 3. The molecule has 0 aliphatic carbocycles. The topological polar surface area (TPSA) is 164 Å². The van der Waals surface area contributed by atoms with E-state index in [-0.39, 0.29) is 29.2 Å². The number of rotatable bonds is 12. The fraction of sp³-hybridized carbons (Fsp3) is 0.152. The minimum absolute atomic E-state index is 0.00774. The molecule has 300 valence electrons. The number of amides is 2. The molecule has 14 nitrogen and oxygen atoms in total. The van der Waals surface area contributed by atoms with Gasteiger partial charge in [-0.1, -0.05) is 67.2 Å². The van der Waals surface area contributed by atoms with E-state index in [1.165, 1.54) is 30.6 Å². The summed E-state index contributed by atoms with van der Waals surface area (Å²) in [4.78, 5) is 48.5. The molecule has 2 amide bonds. The summed E-state index contributed by atoms with van der Waals surface area (Å²) in [5, 5.41) is 20.3. The number of anilines is 1. The summed E-state index contributed by atoms with van der Waals surface area (Å²) in [7, 11) is 0. The molecule has 2 aromatic heterocycles. The summed E-state index contributed by atoms with van der Waals surface area (Å²) in [6.45, 7) is 6.31. The molecule has 2 unspecified atom stereocenters. The lowest BCUT2D eigenvalue weighted by Crippen LogP contribution is -2.40. The van der Waals surface area contributed by atoms with Gasteiger partial charge in [-0.25, -0.2) is 19.4 Å². The van der Waals surface area contributed by atoms with Crippen LogP contribution in [0.3, 0.4) is 0 Å². The van der Waals surface area contributed by atoms with Gasteiger partial charge in [-0.2, -0.15) is 5.10 Å². The molecular weight excluding hydrogens is 763 g/mol. The first kappa shape index (κ1) is 39.0. The first-order valence-electron chi connectivity index (χ1n) is 19.3. The summed E-state index contributed by atoms with van der Waals surface area (Å²) in [5.74, 6) is 1.69. The molecule has 7 aromatic rings. The molecule has 1 fully saturated rings. The summed E-state index contributed by atoms with van der Waals surface area (Å²) < 4.78 is 19.6. The second kappa shape index (κ2) is 17.3. The zero-order chi connectivity index (χ0) is 41.6. The van der Waals surface area contributed by atoms with Crippen molar-refractivity contribution < 1.29 is 28.7 Å². The average molecular weight is 802 g/mol. The van der Waals surface area contributed by atoms with Gasteiger partial charge < -0.3 is 19.1 Å². The van der Waals surface area contributed by atoms with Crippen molar-refractivity contribution in [2.45, 2.75) is 31.9 Å². The predicted molar refractivity (Wildman–Crippen MR) is 226 cm³/mol. The van der Waals surface area contributed by atoms with Crippen LogP contribution in [0.15, 0.2) is 146 Å². The molecule has 1 N–H and O–H groups in total. The van der Waals surface area contributed by atoms with Crippen molar-refractivity contribution in [1.29, 1.82) is 0 Å². The molecular formula is C46H39N7O7. The number of nitrogens with one attached hydrogen (secondary N) is 1. The molecule has 0 spiro atoms. The highest BCUT2D eigenvalue weighted by atomic mass is 16.6. The molecule has 1 saturated heterocycles. The highest BCUT2D eigenvalue weighted by Crippen LogP contribution is 2.38. The molecule has 0 radical (unpaired) electrons. The fourth-order valence-electron chi connectivity index (χ4n) is 7.16. The number of para-hydroxylation sites is 1. The summed E-state index contributed by atoms with van der Waals surface area (Å²) in [5.41, 5.74) is 3.87. The van der Waals surface area contributed by atoms with Crippen LogP contribution in [0.25, 0.3) is 33.4 Å². The molecule has 60 heavy (non-hydrogen) atoms. The molecule has 1 aliphatic heterocycles. The van der Waals surface area contributed by atoms with Gasteiger partial charge in [0.2, 0.25) is 11.7 Å². The summed E-state index contributed by atoms with van der Waals surface area (Å²) in [6.07, 6.45) is 2.45. The van der Waals surface area contributed by atoms with Gasteiger partial charge in [0.25, 0.3) is 0 Å². The lowest BCUT2D eigenvalue weighted by molar-refractivity contribution is -0.385. The van der Waals surface area contributed by atoms with Crippen molar-refractivity contribution in [2.75, 3.05) is 18.4 Å². The number of nitrogens with zero attached hydrogens (tertiary/aromatic N) is 6. The maximum atomic E-state index is 13.6. The third-order valence-electron chi connectivity index (χ3n) is 10.2.